The highest BCUT2D eigenvalue weighted by Gasteiger charge is 2.27. The number of hydrogen-bond donors (Lipinski definition) is 2. The minimum atomic E-state index is -0.956. The van der Waals surface area contributed by atoms with Crippen LogP contribution in [0.2, 0.25) is 0 Å². The molecule has 0 spiro atoms. The number of fused-ring (bicyclic) bond motifs is 1. The van der Waals surface area contributed by atoms with E-state index in [1.807, 2.05) is 4.90 Å². The number of carboxylic acids is 1. The van der Waals surface area contributed by atoms with Gasteiger partial charge in [-0.05, 0) is 12.5 Å². The van der Waals surface area contributed by atoms with Crippen LogP contribution in [0.25, 0.3) is 10.2 Å². The summed E-state index contributed by atoms with van der Waals surface area (Å²) >= 11 is 1.15. The maximum Gasteiger partial charge on any atom is 0.346 e. The van der Waals surface area contributed by atoms with Crippen molar-refractivity contribution >= 4 is 33.3 Å². The Bertz CT molecular complexity index is 687. The van der Waals surface area contributed by atoms with Crippen LogP contribution in [-0.2, 0) is 4.74 Å². The number of thiophene rings is 1. The summed E-state index contributed by atoms with van der Waals surface area (Å²) in [5.74, 6) is -0.286. The first kappa shape index (κ1) is 14.2. The Labute approximate surface area is 124 Å². The number of anilines is 1. The van der Waals surface area contributed by atoms with Crippen LogP contribution in [0, 0.1) is 6.92 Å². The quantitative estimate of drug-likeness (QED) is 0.869. The molecule has 0 aliphatic carbocycles. The molecule has 2 N–H and O–H groups in total. The topological polar surface area (TPSA) is 95.8 Å². The summed E-state index contributed by atoms with van der Waals surface area (Å²) < 4.78 is 5.37. The number of nitrogens with zero attached hydrogens (tertiary/aromatic N) is 3. The number of aliphatic hydroxyl groups excluding tert-OH is 1. The van der Waals surface area contributed by atoms with Crippen molar-refractivity contribution in [2.24, 2.45) is 0 Å². The summed E-state index contributed by atoms with van der Waals surface area (Å²) in [7, 11) is 0. The zero-order chi connectivity index (χ0) is 15.0. The number of carboxylic acid groups (broad SMARTS) is 1. The predicted molar refractivity (Wildman–Crippen MR) is 78.2 cm³/mol. The van der Waals surface area contributed by atoms with Crippen molar-refractivity contribution in [1.29, 1.82) is 0 Å². The first-order valence-corrected chi connectivity index (χ1v) is 7.37. The number of aliphatic hydroxyl groups is 1. The molecule has 8 heteroatoms. The molecular weight excluding hydrogens is 294 g/mol. The van der Waals surface area contributed by atoms with Crippen molar-refractivity contribution in [3.8, 4) is 0 Å². The fraction of sp³-hybridized carbons (Fsp3) is 0.462. The number of ether oxygens (including phenoxy) is 1. The van der Waals surface area contributed by atoms with Gasteiger partial charge in [-0.1, -0.05) is 0 Å². The number of rotatable bonds is 3. The van der Waals surface area contributed by atoms with Gasteiger partial charge in [0, 0.05) is 6.54 Å². The molecule has 0 radical (unpaired) electrons. The lowest BCUT2D eigenvalue weighted by Crippen LogP contribution is -2.48. The minimum absolute atomic E-state index is 0.0412. The largest absolute Gasteiger partial charge is 0.477 e. The number of carbonyl (C=O) groups is 1. The van der Waals surface area contributed by atoms with Gasteiger partial charge in [0.15, 0.2) is 0 Å². The highest BCUT2D eigenvalue weighted by molar-refractivity contribution is 7.20. The van der Waals surface area contributed by atoms with Gasteiger partial charge >= 0.3 is 5.97 Å². The highest BCUT2D eigenvalue weighted by Crippen LogP contribution is 2.35. The molecule has 1 saturated heterocycles. The van der Waals surface area contributed by atoms with Crippen molar-refractivity contribution in [2.75, 3.05) is 31.3 Å². The monoisotopic (exact) mass is 309 g/mol. The third-order valence-electron chi connectivity index (χ3n) is 3.61. The van der Waals surface area contributed by atoms with Gasteiger partial charge in [0.25, 0.3) is 0 Å². The van der Waals surface area contributed by atoms with Gasteiger partial charge < -0.3 is 19.8 Å². The van der Waals surface area contributed by atoms with Crippen molar-refractivity contribution in [3.05, 3.63) is 16.8 Å². The van der Waals surface area contributed by atoms with E-state index in [9.17, 15) is 15.0 Å². The maximum absolute atomic E-state index is 11.3. The van der Waals surface area contributed by atoms with Crippen LogP contribution < -0.4 is 4.90 Å². The standard InChI is InChI=1S/C13H15N3O4S/c1-7-9-11(16-2-3-20-5-8(16)4-17)14-6-15-12(9)21-10(7)13(18)19/h6,8,17H,2-5H2,1H3,(H,18,19). The van der Waals surface area contributed by atoms with Gasteiger partial charge in [0.05, 0.1) is 31.2 Å². The summed E-state index contributed by atoms with van der Waals surface area (Å²) in [5.41, 5.74) is 0.668. The van der Waals surface area contributed by atoms with Gasteiger partial charge in [-0.25, -0.2) is 14.8 Å². The molecule has 1 aliphatic rings. The van der Waals surface area contributed by atoms with E-state index in [-0.39, 0.29) is 17.5 Å². The Hall–Kier alpha value is -1.77. The van der Waals surface area contributed by atoms with E-state index < -0.39 is 5.97 Å². The van der Waals surface area contributed by atoms with Crippen LogP contribution in [-0.4, -0.2) is 58.6 Å². The lowest BCUT2D eigenvalue weighted by molar-refractivity contribution is 0.0700. The smallest absolute Gasteiger partial charge is 0.346 e. The van der Waals surface area contributed by atoms with Gasteiger partial charge in [-0.3, -0.25) is 0 Å². The van der Waals surface area contributed by atoms with Gasteiger partial charge in [0.2, 0.25) is 0 Å². The number of aromatic carboxylic acids is 1. The molecule has 3 rings (SSSR count). The van der Waals surface area contributed by atoms with Crippen molar-refractivity contribution < 1.29 is 19.7 Å². The third-order valence-corrected chi connectivity index (χ3v) is 4.80. The van der Waals surface area contributed by atoms with E-state index in [1.54, 1.807) is 6.92 Å². The van der Waals surface area contributed by atoms with Gasteiger partial charge in [-0.15, -0.1) is 11.3 Å². The number of aromatic nitrogens is 2. The maximum atomic E-state index is 11.3. The molecule has 0 aromatic carbocycles. The summed E-state index contributed by atoms with van der Waals surface area (Å²) in [5, 5.41) is 19.5. The van der Waals surface area contributed by atoms with Crippen molar-refractivity contribution in [3.63, 3.8) is 0 Å². The summed E-state index contributed by atoms with van der Waals surface area (Å²) in [4.78, 5) is 22.7. The molecule has 1 fully saturated rings. The average molecular weight is 309 g/mol. The third kappa shape index (κ3) is 2.35. The second kappa shape index (κ2) is 5.55. The van der Waals surface area contributed by atoms with Crippen molar-refractivity contribution in [1.82, 2.24) is 9.97 Å². The number of hydrogen-bond acceptors (Lipinski definition) is 7. The summed E-state index contributed by atoms with van der Waals surface area (Å²) in [6.45, 7) is 3.31. The Kier molecular flexibility index (Phi) is 3.75. The lowest BCUT2D eigenvalue weighted by atomic mass is 10.1. The molecule has 7 nitrogen and oxygen atoms in total. The molecule has 2 aromatic rings. The first-order chi connectivity index (χ1) is 10.1. The zero-order valence-electron chi connectivity index (χ0n) is 11.4. The Morgan fingerprint density at radius 3 is 3.10 bits per heavy atom. The Morgan fingerprint density at radius 2 is 2.38 bits per heavy atom. The predicted octanol–water partition coefficient (Wildman–Crippen LogP) is 0.895. The Balaban J connectivity index is 2.16. The zero-order valence-corrected chi connectivity index (χ0v) is 12.3. The second-order valence-electron chi connectivity index (χ2n) is 4.84. The molecule has 0 saturated carbocycles. The number of aryl methyl sites for hydroxylation is 1. The van der Waals surface area contributed by atoms with Crippen LogP contribution >= 0.6 is 11.3 Å². The van der Waals surface area contributed by atoms with Gasteiger partial charge in [0.1, 0.15) is 21.9 Å². The van der Waals surface area contributed by atoms with Gasteiger partial charge in [-0.2, -0.15) is 0 Å². The molecule has 2 aromatic heterocycles. The normalized spacial score (nSPS) is 19.1. The minimum Gasteiger partial charge on any atom is -0.477 e. The van der Waals surface area contributed by atoms with E-state index in [2.05, 4.69) is 9.97 Å². The Morgan fingerprint density at radius 1 is 1.57 bits per heavy atom. The van der Waals surface area contributed by atoms with Crippen LogP contribution in [0.15, 0.2) is 6.33 Å². The van der Waals surface area contributed by atoms with E-state index in [0.29, 0.717) is 36.0 Å². The van der Waals surface area contributed by atoms with Crippen LogP contribution in [0.4, 0.5) is 5.82 Å². The summed E-state index contributed by atoms with van der Waals surface area (Å²) in [6, 6.07) is -0.176. The molecular formula is C13H15N3O4S. The van der Waals surface area contributed by atoms with Crippen LogP contribution in [0.5, 0.6) is 0 Å². The number of morpholine rings is 1. The molecule has 0 amide bonds. The fourth-order valence-electron chi connectivity index (χ4n) is 2.56. The van der Waals surface area contributed by atoms with Crippen molar-refractivity contribution in [2.45, 2.75) is 13.0 Å². The molecule has 112 valence electrons. The molecule has 1 atom stereocenters. The molecule has 1 aliphatic heterocycles. The highest BCUT2D eigenvalue weighted by atomic mass is 32.1. The molecule has 21 heavy (non-hydrogen) atoms. The molecule has 0 bridgehead atoms. The first-order valence-electron chi connectivity index (χ1n) is 6.56. The van der Waals surface area contributed by atoms with Crippen LogP contribution in [0.1, 0.15) is 15.2 Å². The molecule has 1 unspecified atom stereocenters. The summed E-state index contributed by atoms with van der Waals surface area (Å²) in [6.07, 6.45) is 1.43. The average Bonchev–Trinajstić information content (AvgIpc) is 2.85. The SMILES string of the molecule is Cc1c(C(=O)O)sc2ncnc(N3CCOCC3CO)c12. The van der Waals surface area contributed by atoms with Crippen LogP contribution in [0.3, 0.4) is 0 Å². The van der Waals surface area contributed by atoms with E-state index in [1.165, 1.54) is 6.33 Å². The van der Waals surface area contributed by atoms with E-state index >= 15 is 0 Å². The lowest BCUT2D eigenvalue weighted by Gasteiger charge is -2.35. The van der Waals surface area contributed by atoms with E-state index in [4.69, 9.17) is 4.74 Å². The fourth-order valence-corrected chi connectivity index (χ4v) is 3.54. The second-order valence-corrected chi connectivity index (χ2v) is 5.84. The molecule has 3 heterocycles. The van der Waals surface area contributed by atoms with E-state index in [0.717, 1.165) is 16.7 Å².